The second-order valence-corrected chi connectivity index (χ2v) is 16.4. The van der Waals surface area contributed by atoms with Gasteiger partial charge >= 0.3 is 5.97 Å². The van der Waals surface area contributed by atoms with Gasteiger partial charge in [0, 0.05) is 24.9 Å². The number of unbranched alkanes of at least 4 members (excludes halogenated alkanes) is 1. The maximum Gasteiger partial charge on any atom is 0.326 e. The fraction of sp³-hybridized carbons (Fsp3) is 0.692. The second kappa shape index (κ2) is 27.9. The summed E-state index contributed by atoms with van der Waals surface area (Å²) in [4.78, 5) is 117. The minimum absolute atomic E-state index is 0.0330. The first-order valence-corrected chi connectivity index (χ1v) is 20.9. The van der Waals surface area contributed by atoms with E-state index in [-0.39, 0.29) is 56.4 Å². The van der Waals surface area contributed by atoms with Crippen molar-refractivity contribution in [2.45, 2.75) is 142 Å². The largest absolute Gasteiger partial charge is 0.480 e. The summed E-state index contributed by atoms with van der Waals surface area (Å²) in [7, 11) is 0. The van der Waals surface area contributed by atoms with Crippen molar-refractivity contribution < 1.29 is 43.5 Å². The summed E-state index contributed by atoms with van der Waals surface area (Å²) >= 11 is 0. The molecule has 62 heavy (non-hydrogen) atoms. The van der Waals surface area contributed by atoms with Crippen LogP contribution in [0.15, 0.2) is 17.5 Å². The molecule has 0 saturated heterocycles. The summed E-state index contributed by atoms with van der Waals surface area (Å²) in [5.74, 6) is -8.04. The summed E-state index contributed by atoms with van der Waals surface area (Å²) < 4.78 is 0. The van der Waals surface area contributed by atoms with Crippen LogP contribution in [0.4, 0.5) is 0 Å². The Hall–Kier alpha value is -5.84. The molecule has 0 bridgehead atoms. The Bertz CT molecular complexity index is 1650. The fourth-order valence-electron chi connectivity index (χ4n) is 6.19. The molecule has 0 aliphatic carbocycles. The molecule has 0 unspecified atom stereocenters. The number of primary amides is 1. The third-order valence-electron chi connectivity index (χ3n) is 9.44. The summed E-state index contributed by atoms with van der Waals surface area (Å²) in [6.45, 7) is 10.9. The molecule has 1 heterocycles. The molecule has 0 aromatic carbocycles. The molecule has 0 aliphatic rings. The smallest absolute Gasteiger partial charge is 0.326 e. The maximum atomic E-state index is 14.0. The van der Waals surface area contributed by atoms with Crippen LogP contribution in [0.3, 0.4) is 0 Å². The van der Waals surface area contributed by atoms with Gasteiger partial charge in [0.2, 0.25) is 41.4 Å². The van der Waals surface area contributed by atoms with E-state index in [2.05, 4.69) is 46.9 Å². The van der Waals surface area contributed by atoms with Gasteiger partial charge in [0.25, 0.3) is 0 Å². The average molecular weight is 879 g/mol. The molecular formula is C39H70N14O9. The molecule has 0 saturated carbocycles. The summed E-state index contributed by atoms with van der Waals surface area (Å²) in [6.07, 6.45) is 3.95. The molecule has 1 rings (SSSR count). The van der Waals surface area contributed by atoms with Crippen LogP contribution in [0.2, 0.25) is 0 Å². The van der Waals surface area contributed by atoms with E-state index in [1.807, 2.05) is 13.8 Å². The van der Waals surface area contributed by atoms with E-state index >= 15 is 0 Å². The van der Waals surface area contributed by atoms with E-state index < -0.39 is 102 Å². The Labute approximate surface area is 362 Å². The quantitative estimate of drug-likeness (QED) is 0.0209. The third-order valence-corrected chi connectivity index (χ3v) is 9.44. The average Bonchev–Trinajstić information content (AvgIpc) is 3.69. The van der Waals surface area contributed by atoms with Gasteiger partial charge in [0.15, 0.2) is 5.96 Å². The molecular weight excluding hydrogens is 809 g/mol. The van der Waals surface area contributed by atoms with Crippen molar-refractivity contribution in [3.63, 3.8) is 0 Å². The van der Waals surface area contributed by atoms with Gasteiger partial charge in [0.1, 0.15) is 36.3 Å². The number of aromatic nitrogens is 2. The molecule has 7 amide bonds. The van der Waals surface area contributed by atoms with Crippen molar-refractivity contribution in [2.24, 2.45) is 51.4 Å². The van der Waals surface area contributed by atoms with Crippen molar-refractivity contribution in [1.82, 2.24) is 41.9 Å². The Balaban J connectivity index is 3.38. The van der Waals surface area contributed by atoms with Crippen molar-refractivity contribution in [1.29, 1.82) is 0 Å². The SMILES string of the molecule is CC(C)C[C@H](NC(=O)[C@H](CC(C)C)NC(=O)[C@H](CCCN=C(N)N)NC(=O)[C@@H](NC(=O)[C@H](CC(N)=O)NC(=O)[C@H](Cc1cnc[nH]1)NC(=O)[C@@H](N)CCCCN)C(C)C)C(=O)O. The van der Waals surface area contributed by atoms with E-state index in [0.29, 0.717) is 31.5 Å². The van der Waals surface area contributed by atoms with E-state index in [1.165, 1.54) is 12.5 Å². The number of carboxylic acid groups (broad SMARTS) is 1. The first-order chi connectivity index (χ1) is 29.0. The standard InChI is InChI=1S/C39H70N14O9/c1-20(2)14-26(34(57)52-29(38(61)62)15-21(3)4)50-33(56)25(11-9-13-46-39(43)44)48-37(60)31(22(5)6)53-36(59)28(17-30(42)54)51-35(58)27(16-23-18-45-19-47-23)49-32(55)24(41)10-7-8-12-40/h18-22,24-29,31H,7-17,40-41H2,1-6H3,(H2,42,54)(H,45,47)(H,48,60)(H,49,55)(H,50,56)(H,51,58)(H,52,57)(H,53,59)(H,61,62)(H4,43,44,46)/t24-,25-,26-,27-,28-,29-,31-/m0/s1. The number of carbonyl (C=O) groups is 8. The predicted octanol–water partition coefficient (Wildman–Crippen LogP) is -2.92. The lowest BCUT2D eigenvalue weighted by atomic mass is 9.99. The number of H-pyrrole nitrogens is 1. The van der Waals surface area contributed by atoms with Gasteiger partial charge in [-0.1, -0.05) is 48.0 Å². The lowest BCUT2D eigenvalue weighted by Gasteiger charge is -2.29. The number of nitrogens with one attached hydrogen (secondary N) is 7. The number of hydrogen-bond acceptors (Lipinski definition) is 12. The van der Waals surface area contributed by atoms with Gasteiger partial charge in [-0.05, 0) is 62.8 Å². The van der Waals surface area contributed by atoms with E-state index in [4.69, 9.17) is 28.7 Å². The van der Waals surface area contributed by atoms with E-state index in [0.717, 1.165) is 0 Å². The lowest BCUT2D eigenvalue weighted by Crippen LogP contribution is -2.61. The van der Waals surface area contributed by atoms with E-state index in [9.17, 15) is 43.5 Å². The van der Waals surface area contributed by atoms with Gasteiger partial charge in [-0.25, -0.2) is 9.78 Å². The minimum Gasteiger partial charge on any atom is -0.480 e. The number of aromatic amines is 1. The highest BCUT2D eigenvalue weighted by atomic mass is 16.4. The van der Waals surface area contributed by atoms with Gasteiger partial charge < -0.3 is 70.7 Å². The molecule has 0 spiro atoms. The molecule has 0 radical (unpaired) electrons. The number of hydrogen-bond donors (Lipinski definition) is 13. The zero-order valence-corrected chi connectivity index (χ0v) is 36.7. The maximum absolute atomic E-state index is 14.0. The van der Waals surface area contributed by atoms with Crippen LogP contribution >= 0.6 is 0 Å². The summed E-state index contributed by atoms with van der Waals surface area (Å²) in [5, 5.41) is 25.1. The zero-order chi connectivity index (χ0) is 47.1. The second-order valence-electron chi connectivity index (χ2n) is 16.4. The Morgan fingerprint density at radius 2 is 1.21 bits per heavy atom. The van der Waals surface area contributed by atoms with Crippen molar-refractivity contribution in [3.8, 4) is 0 Å². The minimum atomic E-state index is -1.62. The van der Waals surface area contributed by atoms with Crippen LogP contribution in [0.25, 0.3) is 0 Å². The predicted molar refractivity (Wildman–Crippen MR) is 230 cm³/mol. The Morgan fingerprint density at radius 1 is 0.677 bits per heavy atom. The first-order valence-electron chi connectivity index (χ1n) is 20.9. The molecule has 23 heteroatoms. The van der Waals surface area contributed by atoms with Crippen LogP contribution < -0.4 is 60.6 Å². The van der Waals surface area contributed by atoms with Crippen LogP contribution in [0, 0.1) is 17.8 Å². The molecule has 350 valence electrons. The first kappa shape index (κ1) is 54.2. The molecule has 18 N–H and O–H groups in total. The highest BCUT2D eigenvalue weighted by Crippen LogP contribution is 2.12. The van der Waals surface area contributed by atoms with Crippen LogP contribution in [-0.2, 0) is 44.8 Å². The number of aliphatic carboxylic acids is 1. The molecule has 0 aliphatic heterocycles. The number of aliphatic imine (C=N–C) groups is 1. The van der Waals surface area contributed by atoms with Gasteiger partial charge in [-0.2, -0.15) is 0 Å². The summed E-state index contributed by atoms with van der Waals surface area (Å²) in [6, 6.07) is -8.92. The number of nitrogens with two attached hydrogens (primary N) is 5. The molecule has 1 aromatic heterocycles. The Kier molecular flexibility index (Phi) is 24.4. The fourth-order valence-corrected chi connectivity index (χ4v) is 6.19. The summed E-state index contributed by atoms with van der Waals surface area (Å²) in [5.41, 5.74) is 28.4. The monoisotopic (exact) mass is 879 g/mol. The third kappa shape index (κ3) is 21.1. The molecule has 0 fully saturated rings. The zero-order valence-electron chi connectivity index (χ0n) is 36.7. The normalized spacial score (nSPS) is 14.6. The van der Waals surface area contributed by atoms with Crippen molar-refractivity contribution in [3.05, 3.63) is 18.2 Å². The highest BCUT2D eigenvalue weighted by molar-refractivity contribution is 5.98. The highest BCUT2D eigenvalue weighted by Gasteiger charge is 2.35. The number of nitrogens with zero attached hydrogens (tertiary/aromatic N) is 2. The number of imidazole rings is 1. The lowest BCUT2D eigenvalue weighted by molar-refractivity contribution is -0.143. The number of amides is 7. The topological polar surface area (TPSA) is 400 Å². The van der Waals surface area contributed by atoms with Gasteiger partial charge in [-0.3, -0.25) is 38.6 Å². The van der Waals surface area contributed by atoms with E-state index in [1.54, 1.807) is 27.7 Å². The number of carboxylic acids is 1. The Morgan fingerprint density at radius 3 is 1.74 bits per heavy atom. The number of guanidine groups is 1. The van der Waals surface area contributed by atoms with Crippen LogP contribution in [0.1, 0.15) is 98.6 Å². The van der Waals surface area contributed by atoms with Gasteiger partial charge in [0.05, 0.1) is 18.8 Å². The molecule has 23 nitrogen and oxygen atoms in total. The van der Waals surface area contributed by atoms with Crippen molar-refractivity contribution >= 4 is 53.3 Å². The number of rotatable bonds is 30. The molecule has 7 atom stereocenters. The van der Waals surface area contributed by atoms with Gasteiger partial charge in [-0.15, -0.1) is 0 Å². The van der Waals surface area contributed by atoms with Crippen LogP contribution in [0.5, 0.6) is 0 Å². The van der Waals surface area contributed by atoms with Crippen LogP contribution in [-0.4, -0.2) is 124 Å². The number of carbonyl (C=O) groups excluding carboxylic acids is 7. The molecule has 1 aromatic rings. The van der Waals surface area contributed by atoms with Crippen molar-refractivity contribution in [2.75, 3.05) is 13.1 Å².